The van der Waals surface area contributed by atoms with Crippen LogP contribution in [0.1, 0.15) is 31.9 Å². The number of amides is 1. The quantitative estimate of drug-likeness (QED) is 0.652. The monoisotopic (exact) mass is 365 g/mol. The Bertz CT molecular complexity index is 831. The van der Waals surface area contributed by atoms with Gasteiger partial charge < -0.3 is 14.5 Å². The first kappa shape index (κ1) is 18.6. The van der Waals surface area contributed by atoms with Gasteiger partial charge in [-0.3, -0.25) is 4.79 Å². The van der Waals surface area contributed by atoms with Crippen molar-refractivity contribution in [1.29, 1.82) is 0 Å². The number of carbonyl (C=O) groups excluding carboxylic acids is 1. The molecule has 2 aromatic carbocycles. The zero-order valence-electron chi connectivity index (χ0n) is 15.5. The molecule has 0 unspecified atom stereocenters. The molecule has 0 aliphatic carbocycles. The maximum atomic E-state index is 12.4. The van der Waals surface area contributed by atoms with Gasteiger partial charge >= 0.3 is 0 Å². The van der Waals surface area contributed by atoms with Gasteiger partial charge in [0.25, 0.3) is 5.91 Å². The summed E-state index contributed by atoms with van der Waals surface area (Å²) in [6, 6.07) is 17.1. The van der Waals surface area contributed by atoms with Gasteiger partial charge in [-0.25, -0.2) is 0 Å². The molecule has 6 heteroatoms. The first-order valence-electron chi connectivity index (χ1n) is 8.95. The highest BCUT2D eigenvalue weighted by atomic mass is 16.5. The largest absolute Gasteiger partial charge is 0.484 e. The maximum absolute atomic E-state index is 12.4. The van der Waals surface area contributed by atoms with Crippen molar-refractivity contribution in [3.8, 4) is 17.2 Å². The Morgan fingerprint density at radius 2 is 1.85 bits per heavy atom. The standard InChI is InChI=1S/C21H23N3O3/c1-15(2)12-19(16-6-4-3-5-7-16)23-20(25)13-26-18-10-8-17(9-11-18)21-24-22-14-27-21/h3-11,14-15,19H,12-13H2,1-2H3,(H,23,25)/t19-/m1/s1. The highest BCUT2D eigenvalue weighted by molar-refractivity contribution is 5.78. The maximum Gasteiger partial charge on any atom is 0.258 e. The van der Waals surface area contributed by atoms with Crippen molar-refractivity contribution in [2.75, 3.05) is 6.61 Å². The zero-order chi connectivity index (χ0) is 19.1. The average Bonchev–Trinajstić information content (AvgIpc) is 3.21. The van der Waals surface area contributed by atoms with Crippen molar-refractivity contribution in [2.45, 2.75) is 26.3 Å². The predicted molar refractivity (Wildman–Crippen MR) is 102 cm³/mol. The molecule has 0 saturated heterocycles. The minimum atomic E-state index is -0.148. The van der Waals surface area contributed by atoms with Crippen LogP contribution in [0.3, 0.4) is 0 Å². The number of nitrogens with one attached hydrogen (secondary N) is 1. The lowest BCUT2D eigenvalue weighted by atomic mass is 9.97. The van der Waals surface area contributed by atoms with Gasteiger partial charge in [-0.1, -0.05) is 44.2 Å². The molecule has 1 N–H and O–H groups in total. The lowest BCUT2D eigenvalue weighted by molar-refractivity contribution is -0.124. The van der Waals surface area contributed by atoms with E-state index < -0.39 is 0 Å². The molecule has 1 heterocycles. The molecule has 3 rings (SSSR count). The Kier molecular flexibility index (Phi) is 6.20. The van der Waals surface area contributed by atoms with Crippen LogP contribution in [0.2, 0.25) is 0 Å². The third-order valence-corrected chi connectivity index (χ3v) is 4.08. The number of carbonyl (C=O) groups is 1. The van der Waals surface area contributed by atoms with Crippen molar-refractivity contribution < 1.29 is 13.9 Å². The molecule has 0 spiro atoms. The number of aromatic nitrogens is 2. The van der Waals surface area contributed by atoms with Crippen molar-refractivity contribution >= 4 is 5.91 Å². The normalized spacial score (nSPS) is 12.0. The van der Waals surface area contributed by atoms with Crippen LogP contribution in [0.5, 0.6) is 5.75 Å². The van der Waals surface area contributed by atoms with Gasteiger partial charge in [0.2, 0.25) is 12.3 Å². The minimum absolute atomic E-state index is 0.0257. The van der Waals surface area contributed by atoms with E-state index in [9.17, 15) is 4.79 Å². The molecule has 0 aliphatic heterocycles. The summed E-state index contributed by atoms with van der Waals surface area (Å²) in [5.74, 6) is 1.37. The van der Waals surface area contributed by atoms with Crippen molar-refractivity contribution in [3.05, 3.63) is 66.6 Å². The van der Waals surface area contributed by atoms with E-state index in [-0.39, 0.29) is 18.6 Å². The van der Waals surface area contributed by atoms with Gasteiger partial charge in [0, 0.05) is 5.56 Å². The Morgan fingerprint density at radius 1 is 1.11 bits per heavy atom. The number of hydrogen-bond acceptors (Lipinski definition) is 5. The SMILES string of the molecule is CC(C)C[C@@H](NC(=O)COc1ccc(-c2nnco2)cc1)c1ccccc1. The van der Waals surface area contributed by atoms with Crippen LogP contribution in [0.15, 0.2) is 65.4 Å². The molecule has 6 nitrogen and oxygen atoms in total. The lowest BCUT2D eigenvalue weighted by Gasteiger charge is -2.21. The second-order valence-corrected chi connectivity index (χ2v) is 6.72. The molecule has 0 radical (unpaired) electrons. The van der Waals surface area contributed by atoms with Crippen LogP contribution in [-0.4, -0.2) is 22.7 Å². The highest BCUT2D eigenvalue weighted by Crippen LogP contribution is 2.22. The fourth-order valence-corrected chi connectivity index (χ4v) is 2.81. The van der Waals surface area contributed by atoms with E-state index in [1.54, 1.807) is 12.1 Å². The predicted octanol–water partition coefficient (Wildman–Crippen LogP) is 4.02. The highest BCUT2D eigenvalue weighted by Gasteiger charge is 2.16. The lowest BCUT2D eigenvalue weighted by Crippen LogP contribution is -2.33. The van der Waals surface area contributed by atoms with Crippen LogP contribution < -0.4 is 10.1 Å². The van der Waals surface area contributed by atoms with Gasteiger partial charge in [0.1, 0.15) is 5.75 Å². The molecule has 0 fully saturated rings. The number of rotatable bonds is 8. The Morgan fingerprint density at radius 3 is 2.48 bits per heavy atom. The van der Waals surface area contributed by atoms with Gasteiger partial charge in [-0.05, 0) is 42.2 Å². The zero-order valence-corrected chi connectivity index (χ0v) is 15.5. The Balaban J connectivity index is 1.56. The van der Waals surface area contributed by atoms with Crippen LogP contribution in [0.25, 0.3) is 11.5 Å². The van der Waals surface area contributed by atoms with E-state index in [1.165, 1.54) is 6.39 Å². The van der Waals surface area contributed by atoms with E-state index in [0.717, 1.165) is 17.5 Å². The average molecular weight is 365 g/mol. The second-order valence-electron chi connectivity index (χ2n) is 6.72. The first-order valence-corrected chi connectivity index (χ1v) is 8.95. The Labute approximate surface area is 158 Å². The van der Waals surface area contributed by atoms with Gasteiger partial charge in [0.15, 0.2) is 6.61 Å². The van der Waals surface area contributed by atoms with Crippen molar-refractivity contribution in [2.24, 2.45) is 5.92 Å². The summed E-state index contributed by atoms with van der Waals surface area (Å²) in [6.07, 6.45) is 2.15. The molecule has 140 valence electrons. The fourth-order valence-electron chi connectivity index (χ4n) is 2.81. The van der Waals surface area contributed by atoms with E-state index >= 15 is 0 Å². The summed E-state index contributed by atoms with van der Waals surface area (Å²) in [5.41, 5.74) is 1.90. The van der Waals surface area contributed by atoms with E-state index in [1.807, 2.05) is 42.5 Å². The van der Waals surface area contributed by atoms with Gasteiger partial charge in [0.05, 0.1) is 6.04 Å². The van der Waals surface area contributed by atoms with E-state index in [4.69, 9.17) is 9.15 Å². The van der Waals surface area contributed by atoms with E-state index in [0.29, 0.717) is 17.6 Å². The molecular weight excluding hydrogens is 342 g/mol. The van der Waals surface area contributed by atoms with Crippen molar-refractivity contribution in [3.63, 3.8) is 0 Å². The summed E-state index contributed by atoms with van der Waals surface area (Å²) >= 11 is 0. The molecule has 3 aromatic rings. The second kappa shape index (κ2) is 8.98. The van der Waals surface area contributed by atoms with Crippen molar-refractivity contribution in [1.82, 2.24) is 15.5 Å². The van der Waals surface area contributed by atoms with Crippen LogP contribution >= 0.6 is 0 Å². The topological polar surface area (TPSA) is 77.2 Å². The van der Waals surface area contributed by atoms with E-state index in [2.05, 4.69) is 29.4 Å². The van der Waals surface area contributed by atoms with Crippen LogP contribution in [-0.2, 0) is 4.79 Å². The molecular formula is C21H23N3O3. The number of hydrogen-bond donors (Lipinski definition) is 1. The van der Waals surface area contributed by atoms with Gasteiger partial charge in [-0.15, -0.1) is 10.2 Å². The minimum Gasteiger partial charge on any atom is -0.484 e. The third-order valence-electron chi connectivity index (χ3n) is 4.08. The Hall–Kier alpha value is -3.15. The number of nitrogens with zero attached hydrogens (tertiary/aromatic N) is 2. The van der Waals surface area contributed by atoms with Gasteiger partial charge in [-0.2, -0.15) is 0 Å². The number of ether oxygens (including phenoxy) is 1. The first-order chi connectivity index (χ1) is 13.1. The molecule has 0 saturated carbocycles. The van der Waals surface area contributed by atoms with Crippen LogP contribution in [0, 0.1) is 5.92 Å². The molecule has 1 atom stereocenters. The smallest absolute Gasteiger partial charge is 0.258 e. The molecule has 1 aromatic heterocycles. The molecule has 1 amide bonds. The summed E-state index contributed by atoms with van der Waals surface area (Å²) in [5, 5.41) is 10.6. The summed E-state index contributed by atoms with van der Waals surface area (Å²) in [6.45, 7) is 4.24. The third kappa shape index (κ3) is 5.41. The number of benzene rings is 2. The summed E-state index contributed by atoms with van der Waals surface area (Å²) < 4.78 is 10.8. The van der Waals surface area contributed by atoms with Crippen LogP contribution in [0.4, 0.5) is 0 Å². The fraction of sp³-hybridized carbons (Fsp3) is 0.286. The molecule has 27 heavy (non-hydrogen) atoms. The summed E-state index contributed by atoms with van der Waals surface area (Å²) in [4.78, 5) is 12.4. The molecule has 0 aliphatic rings. The summed E-state index contributed by atoms with van der Waals surface area (Å²) in [7, 11) is 0. The molecule has 0 bridgehead atoms.